The first kappa shape index (κ1) is 10.1. The van der Waals surface area contributed by atoms with Crippen molar-refractivity contribution in [1.82, 2.24) is 4.57 Å². The molecule has 1 aromatic carbocycles. The van der Waals surface area contributed by atoms with Crippen molar-refractivity contribution in [3.63, 3.8) is 0 Å². The molecule has 0 atom stereocenters. The fourth-order valence-corrected chi connectivity index (χ4v) is 1.60. The van der Waals surface area contributed by atoms with E-state index in [1.165, 1.54) is 0 Å². The smallest absolute Gasteiger partial charge is 0.143 e. The maximum absolute atomic E-state index is 8.94. The van der Waals surface area contributed by atoms with Crippen LogP contribution in [0.15, 0.2) is 36.5 Å². The lowest BCUT2D eigenvalue weighted by atomic mass is 10.2. The maximum atomic E-state index is 8.94. The van der Waals surface area contributed by atoms with Crippen molar-refractivity contribution in [2.75, 3.05) is 12.8 Å². The van der Waals surface area contributed by atoms with Crippen molar-refractivity contribution in [2.24, 2.45) is 0 Å². The molecule has 0 aliphatic carbocycles. The van der Waals surface area contributed by atoms with E-state index in [2.05, 4.69) is 6.07 Å². The van der Waals surface area contributed by atoms with Crippen LogP contribution in [0.5, 0.6) is 5.75 Å². The Bertz CT molecular complexity index is 552. The van der Waals surface area contributed by atoms with Gasteiger partial charge >= 0.3 is 0 Å². The molecule has 1 heterocycles. The van der Waals surface area contributed by atoms with Crippen molar-refractivity contribution < 1.29 is 4.74 Å². The van der Waals surface area contributed by atoms with Gasteiger partial charge in [-0.05, 0) is 24.3 Å². The van der Waals surface area contributed by atoms with E-state index in [1.54, 1.807) is 36.1 Å². The van der Waals surface area contributed by atoms with Crippen molar-refractivity contribution in [1.29, 1.82) is 5.26 Å². The zero-order chi connectivity index (χ0) is 11.5. The molecule has 4 heteroatoms. The van der Waals surface area contributed by atoms with E-state index in [0.717, 1.165) is 5.69 Å². The van der Waals surface area contributed by atoms with Gasteiger partial charge in [0.1, 0.15) is 17.5 Å². The summed E-state index contributed by atoms with van der Waals surface area (Å²) in [6, 6.07) is 11.1. The van der Waals surface area contributed by atoms with E-state index < -0.39 is 0 Å². The Labute approximate surface area is 93.5 Å². The van der Waals surface area contributed by atoms with E-state index >= 15 is 0 Å². The van der Waals surface area contributed by atoms with Gasteiger partial charge in [0.15, 0.2) is 0 Å². The SMILES string of the molecule is COc1cccc(-n2cccc2C#N)c1N. The number of para-hydroxylation sites is 1. The van der Waals surface area contributed by atoms with E-state index in [1.807, 2.05) is 12.1 Å². The third-order valence-corrected chi connectivity index (χ3v) is 2.39. The Morgan fingerprint density at radius 1 is 1.31 bits per heavy atom. The standard InChI is InChI=1S/C12H11N3O/c1-16-11-6-2-5-10(12(11)14)15-7-3-4-9(15)8-13/h2-7H,14H2,1H3. The predicted molar refractivity (Wildman–Crippen MR) is 61.4 cm³/mol. The summed E-state index contributed by atoms with van der Waals surface area (Å²) in [6.45, 7) is 0. The average Bonchev–Trinajstić information content (AvgIpc) is 2.77. The molecule has 0 aliphatic heterocycles. The van der Waals surface area contributed by atoms with E-state index in [9.17, 15) is 0 Å². The second-order valence-electron chi connectivity index (χ2n) is 3.27. The molecule has 16 heavy (non-hydrogen) atoms. The van der Waals surface area contributed by atoms with Crippen LogP contribution in [0, 0.1) is 11.3 Å². The number of nitrogens with two attached hydrogens (primary N) is 1. The first-order chi connectivity index (χ1) is 7.77. The molecular formula is C12H11N3O. The lowest BCUT2D eigenvalue weighted by Crippen LogP contribution is -2.02. The number of methoxy groups -OCH3 is 1. The van der Waals surface area contributed by atoms with Crippen molar-refractivity contribution >= 4 is 5.69 Å². The van der Waals surface area contributed by atoms with Crippen LogP contribution in [0.3, 0.4) is 0 Å². The largest absolute Gasteiger partial charge is 0.495 e. The molecule has 0 aliphatic rings. The van der Waals surface area contributed by atoms with Gasteiger partial charge in [-0.2, -0.15) is 5.26 Å². The number of benzene rings is 1. The zero-order valence-corrected chi connectivity index (χ0v) is 8.84. The first-order valence-corrected chi connectivity index (χ1v) is 4.78. The highest BCUT2D eigenvalue weighted by molar-refractivity contribution is 5.67. The van der Waals surface area contributed by atoms with Crippen LogP contribution >= 0.6 is 0 Å². The highest BCUT2D eigenvalue weighted by Crippen LogP contribution is 2.28. The summed E-state index contributed by atoms with van der Waals surface area (Å²) in [7, 11) is 1.57. The van der Waals surface area contributed by atoms with Crippen molar-refractivity contribution in [2.45, 2.75) is 0 Å². The summed E-state index contributed by atoms with van der Waals surface area (Å²) in [5.41, 5.74) is 7.77. The van der Waals surface area contributed by atoms with Crippen LogP contribution in [-0.4, -0.2) is 11.7 Å². The average molecular weight is 213 g/mol. The molecule has 0 saturated carbocycles. The number of nitrogens with zero attached hydrogens (tertiary/aromatic N) is 2. The number of rotatable bonds is 2. The van der Waals surface area contributed by atoms with Crippen LogP contribution in [0.2, 0.25) is 0 Å². The molecule has 0 fully saturated rings. The van der Waals surface area contributed by atoms with E-state index in [-0.39, 0.29) is 0 Å². The van der Waals surface area contributed by atoms with E-state index in [4.69, 9.17) is 15.7 Å². The summed E-state index contributed by atoms with van der Waals surface area (Å²) in [5.74, 6) is 0.607. The highest BCUT2D eigenvalue weighted by Gasteiger charge is 2.09. The number of aromatic nitrogens is 1. The number of hydrogen-bond acceptors (Lipinski definition) is 3. The molecule has 0 bridgehead atoms. The maximum Gasteiger partial charge on any atom is 0.143 e. The van der Waals surface area contributed by atoms with Crippen LogP contribution in [0.25, 0.3) is 5.69 Å². The topological polar surface area (TPSA) is 64.0 Å². The highest BCUT2D eigenvalue weighted by atomic mass is 16.5. The summed E-state index contributed by atoms with van der Waals surface area (Å²) >= 11 is 0. The van der Waals surface area contributed by atoms with Crippen LogP contribution in [0.4, 0.5) is 5.69 Å². The van der Waals surface area contributed by atoms with Gasteiger partial charge < -0.3 is 15.0 Å². The van der Waals surface area contributed by atoms with Crippen LogP contribution < -0.4 is 10.5 Å². The molecule has 1 aromatic heterocycles. The molecular weight excluding hydrogens is 202 g/mol. The van der Waals surface area contributed by atoms with Crippen molar-refractivity contribution in [3.8, 4) is 17.5 Å². The van der Waals surface area contributed by atoms with Gasteiger partial charge in [0.2, 0.25) is 0 Å². The van der Waals surface area contributed by atoms with Gasteiger partial charge in [-0.1, -0.05) is 6.07 Å². The Kier molecular flexibility index (Phi) is 2.52. The number of anilines is 1. The molecule has 0 amide bonds. The Morgan fingerprint density at radius 2 is 2.12 bits per heavy atom. The number of ether oxygens (including phenoxy) is 1. The summed E-state index contributed by atoms with van der Waals surface area (Å²) in [6.07, 6.45) is 1.80. The lowest BCUT2D eigenvalue weighted by molar-refractivity contribution is 0.417. The Morgan fingerprint density at radius 3 is 2.81 bits per heavy atom. The van der Waals surface area contributed by atoms with Gasteiger partial charge in [-0.3, -0.25) is 0 Å². The lowest BCUT2D eigenvalue weighted by Gasteiger charge is -2.11. The predicted octanol–water partition coefficient (Wildman–Crippen LogP) is 1.94. The third-order valence-electron chi connectivity index (χ3n) is 2.39. The van der Waals surface area contributed by atoms with Crippen LogP contribution in [-0.2, 0) is 0 Å². The second-order valence-corrected chi connectivity index (χ2v) is 3.27. The van der Waals surface area contributed by atoms with Gasteiger partial charge in [-0.25, -0.2) is 0 Å². The summed E-state index contributed by atoms with van der Waals surface area (Å²) < 4.78 is 6.87. The van der Waals surface area contributed by atoms with Gasteiger partial charge in [-0.15, -0.1) is 0 Å². The molecule has 0 radical (unpaired) electrons. The summed E-state index contributed by atoms with van der Waals surface area (Å²) in [5, 5.41) is 8.94. The van der Waals surface area contributed by atoms with E-state index in [0.29, 0.717) is 17.1 Å². The fraction of sp³-hybridized carbons (Fsp3) is 0.0833. The minimum absolute atomic E-state index is 0.526. The number of hydrogen-bond donors (Lipinski definition) is 1. The molecule has 2 N–H and O–H groups in total. The second kappa shape index (κ2) is 3.99. The molecule has 2 aromatic rings. The number of nitriles is 1. The zero-order valence-electron chi connectivity index (χ0n) is 8.84. The molecule has 2 rings (SSSR count). The molecule has 4 nitrogen and oxygen atoms in total. The Balaban J connectivity index is 2.62. The van der Waals surface area contributed by atoms with Crippen LogP contribution in [0.1, 0.15) is 5.69 Å². The quantitative estimate of drug-likeness (QED) is 0.775. The van der Waals surface area contributed by atoms with Gasteiger partial charge in [0, 0.05) is 6.20 Å². The molecule has 80 valence electrons. The normalized spacial score (nSPS) is 9.75. The van der Waals surface area contributed by atoms with Crippen molar-refractivity contribution in [3.05, 3.63) is 42.2 Å². The van der Waals surface area contributed by atoms with Gasteiger partial charge in [0.25, 0.3) is 0 Å². The summed E-state index contributed by atoms with van der Waals surface area (Å²) in [4.78, 5) is 0. The third kappa shape index (κ3) is 1.48. The minimum atomic E-state index is 0.526. The molecule has 0 unspecified atom stereocenters. The monoisotopic (exact) mass is 213 g/mol. The molecule has 0 spiro atoms. The number of nitrogen functional groups attached to an aromatic ring is 1. The van der Waals surface area contributed by atoms with Gasteiger partial charge in [0.05, 0.1) is 18.5 Å². The molecule has 0 saturated heterocycles. The Hall–Kier alpha value is -2.41. The first-order valence-electron chi connectivity index (χ1n) is 4.78. The minimum Gasteiger partial charge on any atom is -0.495 e. The fourth-order valence-electron chi connectivity index (χ4n) is 1.60.